The van der Waals surface area contributed by atoms with Crippen LogP contribution in [0.1, 0.15) is 55.0 Å². The highest BCUT2D eigenvalue weighted by Gasteiger charge is 2.36. The molecule has 2 unspecified atom stereocenters. The second-order valence-electron chi connectivity index (χ2n) is 8.38. The Labute approximate surface area is 155 Å². The van der Waals surface area contributed by atoms with Crippen molar-refractivity contribution in [2.45, 2.75) is 64.3 Å². The van der Waals surface area contributed by atoms with Crippen molar-refractivity contribution in [1.82, 2.24) is 19.4 Å². The average Bonchev–Trinajstić information content (AvgIpc) is 3.25. The topological polar surface area (TPSA) is 44.5 Å². The van der Waals surface area contributed by atoms with E-state index in [0.717, 1.165) is 31.7 Å². The number of likely N-dealkylation sites (tertiary alicyclic amines) is 1. The predicted octanol–water partition coefficient (Wildman–Crippen LogP) is 2.84. The molecule has 3 aliphatic heterocycles. The zero-order valence-electron chi connectivity index (χ0n) is 15.8. The quantitative estimate of drug-likeness (QED) is 0.921. The Hall–Kier alpha value is -1.43. The van der Waals surface area contributed by atoms with Crippen LogP contribution in [0.5, 0.6) is 0 Å². The van der Waals surface area contributed by atoms with Crippen molar-refractivity contribution >= 4 is 11.0 Å². The molecule has 26 heavy (non-hydrogen) atoms. The zero-order chi connectivity index (χ0) is 17.7. The van der Waals surface area contributed by atoms with E-state index in [9.17, 15) is 5.11 Å². The Kier molecular flexibility index (Phi) is 4.26. The van der Waals surface area contributed by atoms with Gasteiger partial charge in [-0.3, -0.25) is 9.80 Å². The summed E-state index contributed by atoms with van der Waals surface area (Å²) in [6, 6.07) is 2.87. The summed E-state index contributed by atoms with van der Waals surface area (Å²) in [5.41, 5.74) is 5.23. The van der Waals surface area contributed by atoms with E-state index in [4.69, 9.17) is 4.98 Å². The molecule has 1 N–H and O–H groups in total. The number of hydrogen-bond acceptors (Lipinski definition) is 4. The van der Waals surface area contributed by atoms with E-state index >= 15 is 0 Å². The van der Waals surface area contributed by atoms with Gasteiger partial charge in [0.25, 0.3) is 0 Å². The molecule has 5 rings (SSSR count). The van der Waals surface area contributed by atoms with Gasteiger partial charge in [-0.15, -0.1) is 0 Å². The molecule has 5 heteroatoms. The second-order valence-corrected chi connectivity index (χ2v) is 8.38. The number of aliphatic hydroxyl groups is 1. The molecule has 140 valence electrons. The summed E-state index contributed by atoms with van der Waals surface area (Å²) in [6.07, 6.45) is 8.91. The molecule has 0 aromatic carbocycles. The third-order valence-electron chi connectivity index (χ3n) is 6.68. The fourth-order valence-electron chi connectivity index (χ4n) is 5.41. The van der Waals surface area contributed by atoms with Crippen LogP contribution in [0, 0.1) is 6.92 Å². The highest BCUT2D eigenvalue weighted by molar-refractivity contribution is 5.84. The third kappa shape index (κ3) is 2.68. The Morgan fingerprint density at radius 1 is 1.15 bits per heavy atom. The predicted molar refractivity (Wildman–Crippen MR) is 103 cm³/mol. The Balaban J connectivity index is 1.57. The lowest BCUT2D eigenvalue weighted by Crippen LogP contribution is -2.42. The molecule has 0 aliphatic carbocycles. The molecule has 0 amide bonds. The molecule has 0 spiro atoms. The van der Waals surface area contributed by atoms with Gasteiger partial charge in [0.05, 0.1) is 6.54 Å². The smallest absolute Gasteiger partial charge is 0.140 e. The minimum absolute atomic E-state index is 0.403. The van der Waals surface area contributed by atoms with Crippen molar-refractivity contribution in [3.05, 3.63) is 29.1 Å². The minimum atomic E-state index is -0.403. The van der Waals surface area contributed by atoms with Gasteiger partial charge in [-0.25, -0.2) is 4.98 Å². The van der Waals surface area contributed by atoms with Gasteiger partial charge < -0.3 is 9.67 Å². The van der Waals surface area contributed by atoms with Gasteiger partial charge in [0.15, 0.2) is 0 Å². The molecule has 5 nitrogen and oxygen atoms in total. The SMILES string of the molecule is Cc1cnc2c(c1)c1c(n2CC(O)N2CCCCC2)CCN2CCCC12. The van der Waals surface area contributed by atoms with Crippen molar-refractivity contribution in [3.8, 4) is 0 Å². The van der Waals surface area contributed by atoms with Crippen LogP contribution in [-0.4, -0.2) is 56.9 Å². The van der Waals surface area contributed by atoms with Gasteiger partial charge in [0.1, 0.15) is 11.9 Å². The molecule has 0 saturated carbocycles. The van der Waals surface area contributed by atoms with Crippen molar-refractivity contribution in [2.75, 3.05) is 26.2 Å². The van der Waals surface area contributed by atoms with E-state index in [1.807, 2.05) is 6.20 Å². The maximum Gasteiger partial charge on any atom is 0.140 e. The largest absolute Gasteiger partial charge is 0.376 e. The van der Waals surface area contributed by atoms with Gasteiger partial charge in [-0.2, -0.15) is 0 Å². The number of rotatable bonds is 3. The first-order chi connectivity index (χ1) is 12.7. The normalized spacial score (nSPS) is 25.4. The van der Waals surface area contributed by atoms with Crippen LogP contribution in [-0.2, 0) is 13.0 Å². The first kappa shape index (κ1) is 16.7. The number of piperidine rings is 1. The first-order valence-electron chi connectivity index (χ1n) is 10.4. The summed E-state index contributed by atoms with van der Waals surface area (Å²) in [4.78, 5) is 9.71. The standard InChI is InChI=1S/C21H30N4O/c1-15-12-16-20-17-6-5-10-23(17)11-7-18(20)25(21(16)22-13-15)14-19(26)24-8-3-2-4-9-24/h12-13,17,19,26H,2-11,14H2,1H3. The summed E-state index contributed by atoms with van der Waals surface area (Å²) in [6.45, 7) is 7.19. The van der Waals surface area contributed by atoms with Crippen LogP contribution in [0.25, 0.3) is 11.0 Å². The molecule has 2 fully saturated rings. The van der Waals surface area contributed by atoms with E-state index in [-0.39, 0.29) is 0 Å². The van der Waals surface area contributed by atoms with Gasteiger partial charge in [-0.05, 0) is 56.3 Å². The van der Waals surface area contributed by atoms with E-state index in [0.29, 0.717) is 12.6 Å². The molecule has 0 bridgehead atoms. The van der Waals surface area contributed by atoms with E-state index < -0.39 is 6.23 Å². The number of aromatic nitrogens is 2. The maximum atomic E-state index is 10.9. The molecule has 2 saturated heterocycles. The molecule has 5 heterocycles. The van der Waals surface area contributed by atoms with Crippen molar-refractivity contribution in [3.63, 3.8) is 0 Å². The number of pyridine rings is 1. The van der Waals surface area contributed by atoms with Gasteiger partial charge in [-0.1, -0.05) is 6.42 Å². The average molecular weight is 354 g/mol. The number of aliphatic hydroxyl groups excluding tert-OH is 1. The summed E-state index contributed by atoms with van der Waals surface area (Å²) >= 11 is 0. The first-order valence-corrected chi connectivity index (χ1v) is 10.4. The highest BCUT2D eigenvalue weighted by Crippen LogP contribution is 2.42. The lowest BCUT2D eigenvalue weighted by Gasteiger charge is -2.33. The summed E-state index contributed by atoms with van der Waals surface area (Å²) < 4.78 is 2.35. The van der Waals surface area contributed by atoms with Crippen molar-refractivity contribution in [1.29, 1.82) is 0 Å². The lowest BCUT2D eigenvalue weighted by atomic mass is 9.96. The summed E-state index contributed by atoms with van der Waals surface area (Å²) in [5.74, 6) is 0. The van der Waals surface area contributed by atoms with Gasteiger partial charge in [0.2, 0.25) is 0 Å². The Bertz CT molecular complexity index is 808. The monoisotopic (exact) mass is 354 g/mol. The minimum Gasteiger partial charge on any atom is -0.376 e. The van der Waals surface area contributed by atoms with Crippen molar-refractivity contribution in [2.24, 2.45) is 0 Å². The number of aryl methyl sites for hydroxylation is 1. The molecule has 2 atom stereocenters. The van der Waals surface area contributed by atoms with Gasteiger partial charge in [0, 0.05) is 49.4 Å². The van der Waals surface area contributed by atoms with Crippen molar-refractivity contribution < 1.29 is 5.11 Å². The lowest BCUT2D eigenvalue weighted by molar-refractivity contribution is -0.0190. The van der Waals surface area contributed by atoms with Gasteiger partial charge >= 0.3 is 0 Å². The zero-order valence-corrected chi connectivity index (χ0v) is 15.8. The maximum absolute atomic E-state index is 10.9. The Morgan fingerprint density at radius 2 is 2.00 bits per heavy atom. The molecular formula is C21H30N4O. The summed E-state index contributed by atoms with van der Waals surface area (Å²) in [7, 11) is 0. The fraction of sp³-hybridized carbons (Fsp3) is 0.667. The third-order valence-corrected chi connectivity index (χ3v) is 6.68. The van der Waals surface area contributed by atoms with Crippen LogP contribution < -0.4 is 0 Å². The van der Waals surface area contributed by atoms with Crippen LogP contribution in [0.15, 0.2) is 12.3 Å². The molecule has 0 radical (unpaired) electrons. The molecular weight excluding hydrogens is 324 g/mol. The highest BCUT2D eigenvalue weighted by atomic mass is 16.3. The number of hydrogen-bond donors (Lipinski definition) is 1. The van der Waals surface area contributed by atoms with Crippen LogP contribution in [0.4, 0.5) is 0 Å². The molecule has 3 aliphatic rings. The molecule has 2 aromatic heterocycles. The second kappa shape index (κ2) is 6.63. The molecule has 2 aromatic rings. The van der Waals surface area contributed by atoms with E-state index in [2.05, 4.69) is 27.4 Å². The number of nitrogens with zero attached hydrogens (tertiary/aromatic N) is 4. The Morgan fingerprint density at radius 3 is 2.85 bits per heavy atom. The van der Waals surface area contributed by atoms with E-state index in [1.165, 1.54) is 60.9 Å². The van der Waals surface area contributed by atoms with E-state index in [1.54, 1.807) is 0 Å². The van der Waals surface area contributed by atoms with Crippen LogP contribution in [0.2, 0.25) is 0 Å². The summed E-state index contributed by atoms with van der Waals surface area (Å²) in [5, 5.41) is 12.2. The van der Waals surface area contributed by atoms with Crippen LogP contribution >= 0.6 is 0 Å². The van der Waals surface area contributed by atoms with Crippen LogP contribution in [0.3, 0.4) is 0 Å². The fourth-order valence-corrected chi connectivity index (χ4v) is 5.41. The number of fused-ring (bicyclic) bond motifs is 5.